The number of carbonyl (C=O) groups is 1. The molecule has 0 aliphatic rings. The quantitative estimate of drug-likeness (QED) is 0.0429. The molecule has 2 aromatic carbocycles. The Morgan fingerprint density at radius 2 is 1.69 bits per heavy atom. The maximum atomic E-state index is 11.7. The van der Waals surface area contributed by atoms with Crippen LogP contribution in [0, 0.1) is 19.8 Å². The lowest BCUT2D eigenvalue weighted by molar-refractivity contribution is -0.114. The fourth-order valence-electron chi connectivity index (χ4n) is 6.29. The molecule has 2 unspecified atom stereocenters. The summed E-state index contributed by atoms with van der Waals surface area (Å²) >= 11 is 0. The Labute approximate surface area is 334 Å². The number of ether oxygens (including phenoxy) is 1. The molecule has 8 nitrogen and oxygen atoms in total. The number of pyridine rings is 1. The maximum absolute atomic E-state index is 11.7. The number of benzene rings is 2. The second-order valence-electron chi connectivity index (χ2n) is 14.8. The van der Waals surface area contributed by atoms with Crippen LogP contribution in [0.1, 0.15) is 133 Å². The predicted molar refractivity (Wildman–Crippen MR) is 238 cm³/mol. The van der Waals surface area contributed by atoms with Crippen LogP contribution in [0.15, 0.2) is 72.9 Å². The lowest BCUT2D eigenvalue weighted by Gasteiger charge is -2.29. The van der Waals surface area contributed by atoms with Crippen LogP contribution in [0.2, 0.25) is 0 Å². The van der Waals surface area contributed by atoms with E-state index in [2.05, 4.69) is 84.7 Å². The smallest absolute Gasteiger partial charge is 0.155 e. The molecule has 0 aliphatic carbocycles. The molecular formula is C47H72N6O2. The fraction of sp³-hybridized carbons (Fsp3) is 0.511. The molecule has 0 saturated heterocycles. The van der Waals surface area contributed by atoms with E-state index in [-0.39, 0.29) is 5.78 Å². The van der Waals surface area contributed by atoms with Crippen molar-refractivity contribution in [3.63, 3.8) is 0 Å². The summed E-state index contributed by atoms with van der Waals surface area (Å²) in [4.78, 5) is 26.3. The normalized spacial score (nSPS) is 12.3. The first-order valence-corrected chi connectivity index (χ1v) is 20.6. The molecule has 1 heterocycles. The van der Waals surface area contributed by atoms with Crippen LogP contribution in [-0.4, -0.2) is 43.3 Å². The van der Waals surface area contributed by atoms with Crippen LogP contribution in [0.5, 0.6) is 11.5 Å². The molecule has 2 atom stereocenters. The SMILES string of the molecule is C=CC(=O)CCCCCN(CC(C)CC)c1nc(C(N)=Nc2ccc(Oc3ccc(N(C)C=C)c(C(C)CC)c3)c(C)c2)c(C)cc1CCC.CCCCN. The number of nitrogens with zero attached hydrogens (tertiary/aromatic N) is 4. The highest BCUT2D eigenvalue weighted by molar-refractivity contribution is 5.99. The van der Waals surface area contributed by atoms with Crippen LogP contribution in [0.3, 0.4) is 0 Å². The lowest BCUT2D eigenvalue weighted by Crippen LogP contribution is -2.32. The van der Waals surface area contributed by atoms with Gasteiger partial charge in [0.1, 0.15) is 28.8 Å². The molecule has 1 aromatic heterocycles. The number of anilines is 2. The number of aliphatic imine (C=N–C) groups is 1. The monoisotopic (exact) mass is 753 g/mol. The van der Waals surface area contributed by atoms with Crippen LogP contribution in [-0.2, 0) is 11.2 Å². The Bertz CT molecular complexity index is 1680. The van der Waals surface area contributed by atoms with Gasteiger partial charge in [0.15, 0.2) is 5.78 Å². The van der Waals surface area contributed by atoms with Crippen LogP contribution in [0.4, 0.5) is 17.2 Å². The van der Waals surface area contributed by atoms with Crippen molar-refractivity contribution < 1.29 is 9.53 Å². The van der Waals surface area contributed by atoms with E-state index in [1.807, 2.05) is 49.3 Å². The van der Waals surface area contributed by atoms with E-state index in [1.165, 1.54) is 30.0 Å². The number of ketones is 1. The van der Waals surface area contributed by atoms with E-state index in [4.69, 9.17) is 26.2 Å². The first kappa shape index (κ1) is 46.7. The molecule has 0 spiro atoms. The van der Waals surface area contributed by atoms with E-state index < -0.39 is 0 Å². The highest BCUT2D eigenvalue weighted by Gasteiger charge is 2.20. The Balaban J connectivity index is 0.00000196. The van der Waals surface area contributed by atoms with Crippen molar-refractivity contribution in [2.45, 2.75) is 126 Å². The second kappa shape index (κ2) is 24.9. The third-order valence-electron chi connectivity index (χ3n) is 10.1. The van der Waals surface area contributed by atoms with Gasteiger partial charge >= 0.3 is 0 Å². The Morgan fingerprint density at radius 3 is 2.27 bits per heavy atom. The van der Waals surface area contributed by atoms with Crippen LogP contribution < -0.4 is 26.0 Å². The second-order valence-corrected chi connectivity index (χ2v) is 14.8. The number of aryl methyl sites for hydroxylation is 3. The van der Waals surface area contributed by atoms with Gasteiger partial charge in [0.2, 0.25) is 0 Å². The zero-order valence-electron chi connectivity index (χ0n) is 35.7. The molecule has 3 aromatic rings. The summed E-state index contributed by atoms with van der Waals surface area (Å²) in [7, 11) is 2.02. The Kier molecular flexibility index (Phi) is 21.1. The van der Waals surface area contributed by atoms with Gasteiger partial charge in [0.05, 0.1) is 5.69 Å². The molecular weight excluding hydrogens is 681 g/mol. The number of nitrogens with two attached hydrogens (primary N) is 2. The summed E-state index contributed by atoms with van der Waals surface area (Å²) in [5.74, 6) is 3.97. The summed E-state index contributed by atoms with van der Waals surface area (Å²) < 4.78 is 6.40. The molecule has 0 saturated carbocycles. The zero-order chi connectivity index (χ0) is 40.9. The Hall–Kier alpha value is -4.43. The van der Waals surface area contributed by atoms with Gasteiger partial charge < -0.3 is 26.0 Å². The van der Waals surface area contributed by atoms with Crippen molar-refractivity contribution in [1.82, 2.24) is 4.98 Å². The molecule has 0 amide bonds. The maximum Gasteiger partial charge on any atom is 0.155 e. The van der Waals surface area contributed by atoms with Gasteiger partial charge in [-0.25, -0.2) is 9.98 Å². The molecule has 4 N–H and O–H groups in total. The third kappa shape index (κ3) is 15.0. The molecule has 3 rings (SSSR count). The highest BCUT2D eigenvalue weighted by atomic mass is 16.5. The van der Waals surface area contributed by atoms with Crippen molar-refractivity contribution in [1.29, 1.82) is 0 Å². The molecule has 302 valence electrons. The summed E-state index contributed by atoms with van der Waals surface area (Å²) in [6.45, 7) is 27.6. The minimum atomic E-state index is 0.113. The number of hydrogen-bond donors (Lipinski definition) is 2. The summed E-state index contributed by atoms with van der Waals surface area (Å²) in [5.41, 5.74) is 18.9. The molecule has 0 fully saturated rings. The lowest BCUT2D eigenvalue weighted by atomic mass is 9.96. The van der Waals surface area contributed by atoms with Gasteiger partial charge in [-0.3, -0.25) is 4.79 Å². The van der Waals surface area contributed by atoms with Gasteiger partial charge in [-0.15, -0.1) is 0 Å². The largest absolute Gasteiger partial charge is 0.457 e. The van der Waals surface area contributed by atoms with E-state index in [9.17, 15) is 4.79 Å². The summed E-state index contributed by atoms with van der Waals surface area (Å²) in [6.07, 6.45) is 13.1. The zero-order valence-corrected chi connectivity index (χ0v) is 35.7. The summed E-state index contributed by atoms with van der Waals surface area (Å²) in [6, 6.07) is 14.4. The number of allylic oxidation sites excluding steroid dienone is 1. The van der Waals surface area contributed by atoms with E-state index >= 15 is 0 Å². The highest BCUT2D eigenvalue weighted by Crippen LogP contribution is 2.36. The van der Waals surface area contributed by atoms with Crippen molar-refractivity contribution >= 4 is 28.8 Å². The average molecular weight is 753 g/mol. The molecule has 0 radical (unpaired) electrons. The van der Waals surface area contributed by atoms with Gasteiger partial charge in [0, 0.05) is 32.2 Å². The predicted octanol–water partition coefficient (Wildman–Crippen LogP) is 11.5. The minimum absolute atomic E-state index is 0.113. The topological polar surface area (TPSA) is 110 Å². The third-order valence-corrected chi connectivity index (χ3v) is 10.1. The van der Waals surface area contributed by atoms with Crippen molar-refractivity contribution in [3.05, 3.63) is 95.8 Å². The van der Waals surface area contributed by atoms with E-state index in [0.29, 0.717) is 29.8 Å². The van der Waals surface area contributed by atoms with Crippen LogP contribution in [0.25, 0.3) is 0 Å². The first-order valence-electron chi connectivity index (χ1n) is 20.6. The average Bonchev–Trinajstić information content (AvgIpc) is 3.18. The van der Waals surface area contributed by atoms with E-state index in [1.54, 1.807) is 0 Å². The number of carbonyl (C=O) groups excluding carboxylic acids is 1. The Morgan fingerprint density at radius 1 is 0.945 bits per heavy atom. The number of aromatic nitrogens is 1. The van der Waals surface area contributed by atoms with Gasteiger partial charge in [-0.05, 0) is 135 Å². The molecule has 8 heteroatoms. The van der Waals surface area contributed by atoms with Crippen molar-refractivity contribution in [2.75, 3.05) is 36.5 Å². The van der Waals surface area contributed by atoms with Gasteiger partial charge in [-0.2, -0.15) is 0 Å². The molecule has 0 aliphatic heterocycles. The molecule has 0 bridgehead atoms. The standard InChI is InChI=1S/C43H61N5O2.C4H11N/c1-11-19-34-26-33(9)41(46-43(34)48(29-30(6)12-2)25-18-16-17-20-36(49)14-4)42(44)45-35-21-24-40(32(8)27-35)50-37-22-23-39(47(10)15-5)38(28-37)31(7)13-3;1-2-3-4-5/h14-15,21-24,26-28,30-31H,4-5,11-13,16-20,25,29H2,1-3,6-10H3,(H2,44,45);2-5H2,1H3. The van der Waals surface area contributed by atoms with Crippen molar-refractivity contribution in [3.8, 4) is 11.5 Å². The number of rotatable bonds is 23. The minimum Gasteiger partial charge on any atom is -0.457 e. The van der Waals surface area contributed by atoms with Crippen molar-refractivity contribution in [2.24, 2.45) is 22.4 Å². The number of hydrogen-bond acceptors (Lipinski definition) is 7. The van der Waals surface area contributed by atoms with Crippen LogP contribution >= 0.6 is 0 Å². The van der Waals surface area contributed by atoms with E-state index in [0.717, 1.165) is 104 Å². The van der Waals surface area contributed by atoms with Gasteiger partial charge in [-0.1, -0.05) is 86.4 Å². The molecule has 55 heavy (non-hydrogen) atoms. The fourth-order valence-corrected chi connectivity index (χ4v) is 6.29. The number of unbranched alkanes of at least 4 members (excludes halogenated alkanes) is 3. The van der Waals surface area contributed by atoms with Gasteiger partial charge in [0.25, 0.3) is 0 Å². The first-order chi connectivity index (χ1) is 26.4. The summed E-state index contributed by atoms with van der Waals surface area (Å²) in [5, 5.41) is 0. The number of amidine groups is 1.